The van der Waals surface area contributed by atoms with Crippen molar-refractivity contribution in [2.75, 3.05) is 32.8 Å². The number of aromatic nitrogens is 3. The minimum Gasteiger partial charge on any atom is -0.489 e. The molecule has 1 aliphatic heterocycles. The molecule has 8 heteroatoms. The Bertz CT molecular complexity index is 1080. The van der Waals surface area contributed by atoms with Gasteiger partial charge in [-0.2, -0.15) is 5.10 Å². The Morgan fingerprint density at radius 1 is 1.09 bits per heavy atom. The smallest absolute Gasteiger partial charge is 0.195 e. The molecule has 1 aromatic heterocycles. The van der Waals surface area contributed by atoms with Crippen molar-refractivity contribution in [3.05, 3.63) is 62.9 Å². The number of H-pyrrole nitrogens is 1. The van der Waals surface area contributed by atoms with Crippen LogP contribution in [0, 0.1) is 18.6 Å². The Balaban J connectivity index is 1.38. The number of hydrogen-bond donors (Lipinski definition) is 1. The number of aryl methyl sites for hydroxylation is 2. The Hall–Kier alpha value is -2.19. The molecule has 0 atom stereocenters. The molecule has 2 heterocycles. The first-order chi connectivity index (χ1) is 15.5. The predicted octanol–water partition coefficient (Wildman–Crippen LogP) is 5.18. The molecule has 0 amide bonds. The van der Waals surface area contributed by atoms with Crippen molar-refractivity contribution < 1.29 is 9.47 Å². The molecule has 1 fully saturated rings. The minimum atomic E-state index is 0.493. The maximum atomic E-state index is 6.25. The second kappa shape index (κ2) is 10.6. The van der Waals surface area contributed by atoms with Crippen LogP contribution in [0.25, 0.3) is 11.4 Å². The van der Waals surface area contributed by atoms with Crippen LogP contribution < -0.4 is 4.74 Å². The third-order valence-electron chi connectivity index (χ3n) is 5.75. The van der Waals surface area contributed by atoms with E-state index < -0.39 is 0 Å². The summed E-state index contributed by atoms with van der Waals surface area (Å²) in [4.78, 5) is 2.44. The highest BCUT2D eigenvalue weighted by molar-refractivity contribution is 7.71. The fraction of sp³-hybridized carbons (Fsp3) is 0.417. The minimum absolute atomic E-state index is 0.493. The summed E-state index contributed by atoms with van der Waals surface area (Å²) in [5, 5.41) is 8.21. The van der Waals surface area contributed by atoms with Crippen LogP contribution in [-0.4, -0.2) is 52.5 Å². The lowest BCUT2D eigenvalue weighted by Gasteiger charge is -2.26. The van der Waals surface area contributed by atoms with Gasteiger partial charge in [0.05, 0.1) is 13.2 Å². The molecule has 3 aromatic rings. The highest BCUT2D eigenvalue weighted by Gasteiger charge is 2.12. The molecule has 32 heavy (non-hydrogen) atoms. The molecule has 1 saturated heterocycles. The second-order valence-corrected chi connectivity index (χ2v) is 8.93. The summed E-state index contributed by atoms with van der Waals surface area (Å²) in [6.45, 7) is 10.00. The summed E-state index contributed by atoms with van der Waals surface area (Å²) in [5.74, 6) is 1.70. The molecular formula is C24H29ClN4O2S. The van der Waals surface area contributed by atoms with Gasteiger partial charge in [-0.15, -0.1) is 0 Å². The number of rotatable bonds is 8. The molecule has 0 saturated carbocycles. The van der Waals surface area contributed by atoms with Gasteiger partial charge in [-0.1, -0.05) is 35.9 Å². The van der Waals surface area contributed by atoms with Crippen molar-refractivity contribution in [3.63, 3.8) is 0 Å². The van der Waals surface area contributed by atoms with Gasteiger partial charge in [0.25, 0.3) is 0 Å². The van der Waals surface area contributed by atoms with Gasteiger partial charge in [0.15, 0.2) is 10.6 Å². The average Bonchev–Trinajstić information content (AvgIpc) is 3.17. The molecule has 0 bridgehead atoms. The van der Waals surface area contributed by atoms with Gasteiger partial charge >= 0.3 is 0 Å². The monoisotopic (exact) mass is 472 g/mol. The molecule has 0 radical (unpaired) electrons. The maximum absolute atomic E-state index is 6.25. The van der Waals surface area contributed by atoms with E-state index in [9.17, 15) is 0 Å². The van der Waals surface area contributed by atoms with Crippen molar-refractivity contribution >= 4 is 23.8 Å². The Morgan fingerprint density at radius 2 is 1.78 bits per heavy atom. The van der Waals surface area contributed by atoms with Crippen LogP contribution in [0.5, 0.6) is 5.75 Å². The number of morpholine rings is 1. The number of nitrogens with zero attached hydrogens (tertiary/aromatic N) is 3. The van der Waals surface area contributed by atoms with Gasteiger partial charge in [0.1, 0.15) is 12.4 Å². The van der Waals surface area contributed by atoms with Crippen molar-refractivity contribution in [3.8, 4) is 17.1 Å². The SMILES string of the molecule is Cc1cc(OCc2ccc(-c3n[nH]c(=S)n3CCCN3CCOCC3)cc2)cc(C)c1Cl. The number of hydrogen-bond acceptors (Lipinski definition) is 5. The van der Waals surface area contributed by atoms with Crippen molar-refractivity contribution in [1.82, 2.24) is 19.7 Å². The first-order valence-electron chi connectivity index (χ1n) is 11.0. The normalized spacial score (nSPS) is 14.6. The summed E-state index contributed by atoms with van der Waals surface area (Å²) in [6, 6.07) is 12.2. The van der Waals surface area contributed by atoms with Crippen LogP contribution in [0.4, 0.5) is 0 Å². The van der Waals surface area contributed by atoms with Crippen LogP contribution in [0.15, 0.2) is 36.4 Å². The molecule has 2 aromatic carbocycles. The zero-order valence-corrected chi connectivity index (χ0v) is 20.1. The predicted molar refractivity (Wildman–Crippen MR) is 130 cm³/mol. The second-order valence-electron chi connectivity index (χ2n) is 8.17. The zero-order chi connectivity index (χ0) is 22.5. The Kier molecular flexibility index (Phi) is 7.63. The third-order valence-corrected chi connectivity index (χ3v) is 6.65. The van der Waals surface area contributed by atoms with Crippen LogP contribution in [0.3, 0.4) is 0 Å². The van der Waals surface area contributed by atoms with Crippen molar-refractivity contribution in [2.45, 2.75) is 33.4 Å². The number of benzene rings is 2. The summed E-state index contributed by atoms with van der Waals surface area (Å²) in [7, 11) is 0. The van der Waals surface area contributed by atoms with E-state index in [1.54, 1.807) is 0 Å². The standard InChI is InChI=1S/C24H29ClN4O2S/c1-17-14-21(15-18(2)22(17)25)31-16-19-4-6-20(7-5-19)23-26-27-24(32)29(23)9-3-8-28-10-12-30-13-11-28/h4-7,14-15H,3,8-13,16H2,1-2H3,(H,27,32). The summed E-state index contributed by atoms with van der Waals surface area (Å²) in [6.07, 6.45) is 1.02. The lowest BCUT2D eigenvalue weighted by Crippen LogP contribution is -2.37. The summed E-state index contributed by atoms with van der Waals surface area (Å²) < 4.78 is 14.1. The number of halogens is 1. The van der Waals surface area contributed by atoms with E-state index in [0.717, 1.165) is 84.7 Å². The van der Waals surface area contributed by atoms with E-state index in [1.165, 1.54) is 0 Å². The van der Waals surface area contributed by atoms with Crippen LogP contribution in [0.1, 0.15) is 23.1 Å². The van der Waals surface area contributed by atoms with E-state index in [2.05, 4.69) is 43.9 Å². The summed E-state index contributed by atoms with van der Waals surface area (Å²) in [5.41, 5.74) is 4.17. The molecule has 1 N–H and O–H groups in total. The van der Waals surface area contributed by atoms with Gasteiger partial charge in [-0.25, -0.2) is 0 Å². The largest absolute Gasteiger partial charge is 0.489 e. The first kappa shape index (κ1) is 23.0. The molecule has 0 spiro atoms. The lowest BCUT2D eigenvalue weighted by molar-refractivity contribution is 0.0369. The number of ether oxygens (including phenoxy) is 2. The molecule has 1 aliphatic rings. The van der Waals surface area contributed by atoms with Crippen LogP contribution >= 0.6 is 23.8 Å². The van der Waals surface area contributed by atoms with Gasteiger partial charge in [0.2, 0.25) is 0 Å². The maximum Gasteiger partial charge on any atom is 0.195 e. The van der Waals surface area contributed by atoms with Gasteiger partial charge in [0, 0.05) is 36.8 Å². The van der Waals surface area contributed by atoms with E-state index in [0.29, 0.717) is 11.4 Å². The lowest BCUT2D eigenvalue weighted by atomic mass is 10.1. The third kappa shape index (κ3) is 5.59. The Labute approximate surface area is 199 Å². The molecule has 0 unspecified atom stereocenters. The first-order valence-corrected chi connectivity index (χ1v) is 11.7. The van der Waals surface area contributed by atoms with Gasteiger partial charge in [-0.05, 0) is 61.3 Å². The van der Waals surface area contributed by atoms with E-state index in [-0.39, 0.29) is 0 Å². The zero-order valence-electron chi connectivity index (χ0n) is 18.6. The number of nitrogens with one attached hydrogen (secondary N) is 1. The Morgan fingerprint density at radius 3 is 2.47 bits per heavy atom. The van der Waals surface area contributed by atoms with Crippen molar-refractivity contribution in [1.29, 1.82) is 0 Å². The fourth-order valence-corrected chi connectivity index (χ4v) is 4.26. The topological polar surface area (TPSA) is 55.3 Å². The molecule has 170 valence electrons. The highest BCUT2D eigenvalue weighted by Crippen LogP contribution is 2.26. The highest BCUT2D eigenvalue weighted by atomic mass is 35.5. The molecule has 4 rings (SSSR count). The summed E-state index contributed by atoms with van der Waals surface area (Å²) >= 11 is 11.7. The fourth-order valence-electron chi connectivity index (χ4n) is 3.93. The van der Waals surface area contributed by atoms with E-state index in [4.69, 9.17) is 33.3 Å². The van der Waals surface area contributed by atoms with E-state index in [1.807, 2.05) is 26.0 Å². The van der Waals surface area contributed by atoms with Gasteiger partial charge in [-0.3, -0.25) is 10.00 Å². The van der Waals surface area contributed by atoms with Crippen molar-refractivity contribution in [2.24, 2.45) is 0 Å². The quantitative estimate of drug-likeness (QED) is 0.458. The molecule has 0 aliphatic carbocycles. The average molecular weight is 473 g/mol. The molecule has 6 nitrogen and oxygen atoms in total. The molecular weight excluding hydrogens is 444 g/mol. The number of aromatic amines is 1. The van der Waals surface area contributed by atoms with E-state index >= 15 is 0 Å². The van der Waals surface area contributed by atoms with Gasteiger partial charge < -0.3 is 14.0 Å². The van der Waals surface area contributed by atoms with Crippen LogP contribution in [0.2, 0.25) is 5.02 Å². The van der Waals surface area contributed by atoms with Crippen LogP contribution in [-0.2, 0) is 17.9 Å².